The highest BCUT2D eigenvalue weighted by molar-refractivity contribution is 4.93. The molecule has 2 saturated carbocycles. The molecule has 2 fully saturated rings. The molecule has 100 valence electrons. The lowest BCUT2D eigenvalue weighted by Gasteiger charge is -2.44. The third-order valence-corrected chi connectivity index (χ3v) is 4.92. The van der Waals surface area contributed by atoms with Gasteiger partial charge in [-0.1, -0.05) is 39.5 Å². The number of hydrogen-bond donors (Lipinski definition) is 1. The summed E-state index contributed by atoms with van der Waals surface area (Å²) in [4.78, 5) is 0. The second-order valence-electron chi connectivity index (χ2n) is 6.64. The maximum absolute atomic E-state index is 6.17. The average molecular weight is 239 g/mol. The van der Waals surface area contributed by atoms with E-state index in [1.54, 1.807) is 0 Å². The van der Waals surface area contributed by atoms with E-state index in [4.69, 9.17) is 4.74 Å². The Hall–Kier alpha value is -0.0800. The summed E-state index contributed by atoms with van der Waals surface area (Å²) >= 11 is 0. The minimum atomic E-state index is 0.383. The Balaban J connectivity index is 1.76. The van der Waals surface area contributed by atoms with Crippen LogP contribution in [0, 0.1) is 11.3 Å². The predicted molar refractivity (Wildman–Crippen MR) is 72.2 cm³/mol. The van der Waals surface area contributed by atoms with E-state index in [9.17, 15) is 0 Å². The first-order valence-electron chi connectivity index (χ1n) is 7.42. The molecule has 0 aliphatic heterocycles. The zero-order valence-corrected chi connectivity index (χ0v) is 11.8. The number of likely N-dealkylation sites (N-methyl/N-ethyl adjacent to an activating group) is 1. The van der Waals surface area contributed by atoms with Crippen molar-refractivity contribution in [1.82, 2.24) is 5.32 Å². The van der Waals surface area contributed by atoms with Crippen LogP contribution >= 0.6 is 0 Å². The van der Waals surface area contributed by atoms with Crippen molar-refractivity contribution < 1.29 is 4.74 Å². The van der Waals surface area contributed by atoms with Crippen molar-refractivity contribution >= 4 is 0 Å². The molecule has 0 heterocycles. The summed E-state index contributed by atoms with van der Waals surface area (Å²) < 4.78 is 6.17. The minimum Gasteiger partial charge on any atom is -0.377 e. The Labute approximate surface area is 107 Å². The Morgan fingerprint density at radius 3 is 2.53 bits per heavy atom. The number of nitrogens with one attached hydrogen (secondary N) is 1. The molecule has 0 aromatic carbocycles. The maximum Gasteiger partial charge on any atom is 0.0733 e. The molecule has 2 atom stereocenters. The lowest BCUT2D eigenvalue weighted by atomic mass is 9.72. The van der Waals surface area contributed by atoms with Crippen LogP contribution in [0.5, 0.6) is 0 Å². The Morgan fingerprint density at radius 2 is 1.94 bits per heavy atom. The van der Waals surface area contributed by atoms with Gasteiger partial charge in [-0.2, -0.15) is 0 Å². The molecule has 0 aromatic heterocycles. The zero-order chi connectivity index (χ0) is 12.3. The Morgan fingerprint density at radius 1 is 1.18 bits per heavy atom. The fourth-order valence-electron chi connectivity index (χ4n) is 3.51. The van der Waals surface area contributed by atoms with Crippen molar-refractivity contribution in [3.05, 3.63) is 0 Å². The Bertz CT molecular complexity index is 235. The fraction of sp³-hybridized carbons (Fsp3) is 1.00. The predicted octanol–water partition coefficient (Wildman–Crippen LogP) is 3.36. The molecule has 2 heteroatoms. The van der Waals surface area contributed by atoms with Crippen LogP contribution in [0.3, 0.4) is 0 Å². The van der Waals surface area contributed by atoms with Crippen LogP contribution in [0.15, 0.2) is 0 Å². The van der Waals surface area contributed by atoms with Gasteiger partial charge < -0.3 is 10.1 Å². The standard InChI is InChI=1S/C15H29NO/c1-15(2)10-5-8-13(14(15)16-3)17-11-9-12-6-4-7-12/h12-14,16H,4-11H2,1-3H3. The first kappa shape index (κ1) is 13.4. The van der Waals surface area contributed by atoms with Crippen molar-refractivity contribution in [3.63, 3.8) is 0 Å². The smallest absolute Gasteiger partial charge is 0.0733 e. The Kier molecular flexibility index (Phi) is 4.48. The van der Waals surface area contributed by atoms with Crippen LogP contribution in [0.25, 0.3) is 0 Å². The normalized spacial score (nSPS) is 33.4. The highest BCUT2D eigenvalue weighted by Gasteiger charge is 2.38. The lowest BCUT2D eigenvalue weighted by molar-refractivity contribution is -0.0410. The summed E-state index contributed by atoms with van der Waals surface area (Å²) in [6, 6.07) is 0.526. The van der Waals surface area contributed by atoms with Gasteiger partial charge in [-0.25, -0.2) is 0 Å². The van der Waals surface area contributed by atoms with Gasteiger partial charge in [0.05, 0.1) is 6.10 Å². The SMILES string of the molecule is CNC1C(OCCC2CCC2)CCCC1(C)C. The molecule has 0 spiro atoms. The van der Waals surface area contributed by atoms with Gasteiger partial charge in [0.25, 0.3) is 0 Å². The van der Waals surface area contributed by atoms with Crippen LogP contribution < -0.4 is 5.32 Å². The number of rotatable bonds is 5. The van der Waals surface area contributed by atoms with Gasteiger partial charge in [0.2, 0.25) is 0 Å². The molecule has 0 aromatic rings. The van der Waals surface area contributed by atoms with Crippen molar-refractivity contribution in [3.8, 4) is 0 Å². The molecule has 2 aliphatic rings. The van der Waals surface area contributed by atoms with Crippen LogP contribution in [0.4, 0.5) is 0 Å². The zero-order valence-electron chi connectivity index (χ0n) is 11.8. The monoisotopic (exact) mass is 239 g/mol. The van der Waals surface area contributed by atoms with E-state index in [2.05, 4.69) is 26.2 Å². The van der Waals surface area contributed by atoms with E-state index < -0.39 is 0 Å². The summed E-state index contributed by atoms with van der Waals surface area (Å²) in [7, 11) is 2.08. The second-order valence-corrected chi connectivity index (χ2v) is 6.64. The van der Waals surface area contributed by atoms with Gasteiger partial charge >= 0.3 is 0 Å². The largest absolute Gasteiger partial charge is 0.377 e. The lowest BCUT2D eigenvalue weighted by Crippen LogP contribution is -2.52. The van der Waals surface area contributed by atoms with E-state index in [1.807, 2.05) is 0 Å². The highest BCUT2D eigenvalue weighted by Crippen LogP contribution is 2.37. The van der Waals surface area contributed by atoms with Crippen LogP contribution in [0.2, 0.25) is 0 Å². The molecule has 0 bridgehead atoms. The molecule has 0 saturated heterocycles. The van der Waals surface area contributed by atoms with Gasteiger partial charge in [-0.05, 0) is 37.6 Å². The first-order valence-corrected chi connectivity index (χ1v) is 7.42. The molecular formula is C15H29NO. The third-order valence-electron chi connectivity index (χ3n) is 4.92. The third kappa shape index (κ3) is 3.23. The van der Waals surface area contributed by atoms with Gasteiger partial charge in [0.1, 0.15) is 0 Å². The highest BCUT2D eigenvalue weighted by atomic mass is 16.5. The van der Waals surface area contributed by atoms with Crippen LogP contribution in [-0.2, 0) is 4.74 Å². The van der Waals surface area contributed by atoms with E-state index in [0.717, 1.165) is 12.5 Å². The summed E-state index contributed by atoms with van der Waals surface area (Å²) in [5.41, 5.74) is 0.383. The summed E-state index contributed by atoms with van der Waals surface area (Å²) in [5.74, 6) is 0.972. The van der Waals surface area contributed by atoms with E-state index >= 15 is 0 Å². The molecule has 2 rings (SSSR count). The fourth-order valence-corrected chi connectivity index (χ4v) is 3.51. The maximum atomic E-state index is 6.17. The van der Waals surface area contributed by atoms with E-state index in [1.165, 1.54) is 44.9 Å². The summed E-state index contributed by atoms with van der Waals surface area (Å²) in [6.07, 6.45) is 9.92. The van der Waals surface area contributed by atoms with Crippen molar-refractivity contribution in [2.75, 3.05) is 13.7 Å². The average Bonchev–Trinajstić information content (AvgIpc) is 2.20. The molecule has 0 amide bonds. The minimum absolute atomic E-state index is 0.383. The van der Waals surface area contributed by atoms with Gasteiger partial charge in [-0.3, -0.25) is 0 Å². The molecule has 2 aliphatic carbocycles. The van der Waals surface area contributed by atoms with Crippen LogP contribution in [0.1, 0.15) is 58.8 Å². The molecule has 1 N–H and O–H groups in total. The van der Waals surface area contributed by atoms with Gasteiger partial charge in [-0.15, -0.1) is 0 Å². The van der Waals surface area contributed by atoms with Crippen molar-refractivity contribution in [2.24, 2.45) is 11.3 Å². The van der Waals surface area contributed by atoms with Crippen molar-refractivity contribution in [2.45, 2.75) is 70.9 Å². The molecule has 0 radical (unpaired) electrons. The number of hydrogen-bond acceptors (Lipinski definition) is 2. The summed E-state index contributed by atoms with van der Waals surface area (Å²) in [5, 5.41) is 3.49. The second kappa shape index (κ2) is 5.71. The number of ether oxygens (including phenoxy) is 1. The molecular weight excluding hydrogens is 210 g/mol. The van der Waals surface area contributed by atoms with Gasteiger partial charge in [0, 0.05) is 12.6 Å². The topological polar surface area (TPSA) is 21.3 Å². The quantitative estimate of drug-likeness (QED) is 0.794. The molecule has 2 unspecified atom stereocenters. The van der Waals surface area contributed by atoms with Crippen LogP contribution in [-0.4, -0.2) is 25.8 Å². The molecule has 2 nitrogen and oxygen atoms in total. The van der Waals surface area contributed by atoms with E-state index in [0.29, 0.717) is 17.6 Å². The van der Waals surface area contributed by atoms with Gasteiger partial charge in [0.15, 0.2) is 0 Å². The first-order chi connectivity index (χ1) is 8.13. The van der Waals surface area contributed by atoms with Crippen molar-refractivity contribution in [1.29, 1.82) is 0 Å². The van der Waals surface area contributed by atoms with E-state index in [-0.39, 0.29) is 0 Å². The summed E-state index contributed by atoms with van der Waals surface area (Å²) in [6.45, 7) is 5.72. The molecule has 17 heavy (non-hydrogen) atoms.